The lowest BCUT2D eigenvalue weighted by Crippen LogP contribution is -2.64. The van der Waals surface area contributed by atoms with Crippen molar-refractivity contribution in [1.82, 2.24) is 15.0 Å². The number of hydrogen-bond acceptors (Lipinski definition) is 8. The van der Waals surface area contributed by atoms with Crippen LogP contribution in [0, 0.1) is 0 Å². The van der Waals surface area contributed by atoms with Gasteiger partial charge in [-0.1, -0.05) is 6.92 Å². The number of amides is 1. The number of nitrogens with two attached hydrogens (primary N) is 1. The molecule has 10 nitrogen and oxygen atoms in total. The fourth-order valence-corrected chi connectivity index (χ4v) is 5.80. The Balaban J connectivity index is 1.66. The minimum absolute atomic E-state index is 0.0656. The van der Waals surface area contributed by atoms with Crippen LogP contribution in [0.1, 0.15) is 53.2 Å². The fraction of sp³-hybridized carbons (Fsp3) is 0.448. The maximum Gasteiger partial charge on any atom is 0.416 e. The lowest BCUT2D eigenvalue weighted by atomic mass is 9.80. The third-order valence-electron chi connectivity index (χ3n) is 8.10. The van der Waals surface area contributed by atoms with Crippen molar-refractivity contribution in [3.63, 3.8) is 0 Å². The summed E-state index contributed by atoms with van der Waals surface area (Å²) >= 11 is 0. The molecule has 1 saturated heterocycles. The lowest BCUT2D eigenvalue weighted by molar-refractivity contribution is -0.143. The van der Waals surface area contributed by atoms with Crippen LogP contribution in [0.25, 0.3) is 0 Å². The SMILES string of the molecule is CCC1(N)C(c2ncc(N3CCOCC3)c(Cc3cc(C(F)(F)F)cc(C(F)(F)F)c3)n2)Cc2nc(OC)ccc2N1C(=O)O. The Kier molecular flexibility index (Phi) is 8.57. The van der Waals surface area contributed by atoms with Crippen LogP contribution in [0.5, 0.6) is 5.88 Å². The van der Waals surface area contributed by atoms with Crippen molar-refractivity contribution in [2.75, 3.05) is 43.2 Å². The molecule has 0 aliphatic carbocycles. The molecule has 0 spiro atoms. The van der Waals surface area contributed by atoms with Gasteiger partial charge in [-0.15, -0.1) is 0 Å². The average Bonchev–Trinajstić information content (AvgIpc) is 2.99. The predicted molar refractivity (Wildman–Crippen MR) is 149 cm³/mol. The maximum atomic E-state index is 13.7. The van der Waals surface area contributed by atoms with E-state index in [1.807, 2.05) is 4.90 Å². The molecule has 2 aliphatic rings. The number of nitrogens with zero attached hydrogens (tertiary/aromatic N) is 5. The number of alkyl halides is 6. The molecular formula is C29H30F6N6O4. The summed E-state index contributed by atoms with van der Waals surface area (Å²) in [6, 6.07) is 4.43. The zero-order valence-corrected chi connectivity index (χ0v) is 24.2. The molecular weight excluding hydrogens is 610 g/mol. The van der Waals surface area contributed by atoms with E-state index in [4.69, 9.17) is 15.2 Å². The first kappa shape index (κ1) is 32.2. The first-order valence-electron chi connectivity index (χ1n) is 14.0. The van der Waals surface area contributed by atoms with Gasteiger partial charge in [0, 0.05) is 32.0 Å². The number of benzene rings is 1. The Bertz CT molecular complexity index is 1550. The highest BCUT2D eigenvalue weighted by Crippen LogP contribution is 2.44. The number of rotatable bonds is 6. The van der Waals surface area contributed by atoms with E-state index in [1.54, 1.807) is 6.92 Å². The number of hydrogen-bond donors (Lipinski definition) is 2. The number of fused-ring (bicyclic) bond motifs is 1. The summed E-state index contributed by atoms with van der Waals surface area (Å²) < 4.78 is 92.6. The molecule has 45 heavy (non-hydrogen) atoms. The number of ether oxygens (including phenoxy) is 2. The number of anilines is 2. The highest BCUT2D eigenvalue weighted by atomic mass is 19.4. The molecule has 0 saturated carbocycles. The summed E-state index contributed by atoms with van der Waals surface area (Å²) in [5, 5.41) is 10.2. The van der Waals surface area contributed by atoms with Crippen LogP contribution >= 0.6 is 0 Å². The Labute approximate surface area is 253 Å². The summed E-state index contributed by atoms with van der Waals surface area (Å²) in [5.41, 5.74) is 3.23. The molecule has 3 aromatic rings. The zero-order chi connectivity index (χ0) is 32.7. The van der Waals surface area contributed by atoms with Gasteiger partial charge in [0.25, 0.3) is 0 Å². The van der Waals surface area contributed by atoms with E-state index in [0.717, 1.165) is 4.90 Å². The number of carboxylic acid groups (broad SMARTS) is 1. The molecule has 2 atom stereocenters. The molecule has 1 aromatic carbocycles. The van der Waals surface area contributed by atoms with Crippen molar-refractivity contribution >= 4 is 17.5 Å². The third kappa shape index (κ3) is 6.33. The van der Waals surface area contributed by atoms with Crippen LogP contribution in [0.3, 0.4) is 0 Å². The van der Waals surface area contributed by atoms with Gasteiger partial charge in [-0.3, -0.25) is 4.90 Å². The molecule has 16 heteroatoms. The minimum Gasteiger partial charge on any atom is -0.481 e. The molecule has 2 aromatic heterocycles. The molecule has 2 unspecified atom stereocenters. The van der Waals surface area contributed by atoms with Crippen molar-refractivity contribution < 1.29 is 45.7 Å². The van der Waals surface area contributed by atoms with Crippen LogP contribution < -0.4 is 20.3 Å². The van der Waals surface area contributed by atoms with E-state index in [0.29, 0.717) is 49.8 Å². The maximum absolute atomic E-state index is 13.7. The minimum atomic E-state index is -5.02. The molecule has 4 heterocycles. The number of pyridine rings is 1. The van der Waals surface area contributed by atoms with Crippen LogP contribution in [0.2, 0.25) is 0 Å². The van der Waals surface area contributed by atoms with E-state index in [1.165, 1.54) is 25.4 Å². The number of carbonyl (C=O) groups is 1. The molecule has 0 bridgehead atoms. The quantitative estimate of drug-likeness (QED) is 0.348. The van der Waals surface area contributed by atoms with Crippen LogP contribution in [0.4, 0.5) is 42.5 Å². The number of halogens is 6. The second-order valence-electron chi connectivity index (χ2n) is 10.8. The topological polar surface area (TPSA) is 127 Å². The van der Waals surface area contributed by atoms with Crippen molar-refractivity contribution in [2.24, 2.45) is 5.73 Å². The summed E-state index contributed by atoms with van der Waals surface area (Å²) in [5.74, 6) is -0.598. The van der Waals surface area contributed by atoms with Gasteiger partial charge in [0.1, 0.15) is 11.5 Å². The second-order valence-corrected chi connectivity index (χ2v) is 10.8. The molecule has 0 radical (unpaired) electrons. The van der Waals surface area contributed by atoms with E-state index in [9.17, 15) is 36.2 Å². The lowest BCUT2D eigenvalue weighted by Gasteiger charge is -2.47. The van der Waals surface area contributed by atoms with Crippen molar-refractivity contribution in [3.05, 3.63) is 70.4 Å². The predicted octanol–water partition coefficient (Wildman–Crippen LogP) is 5.23. The monoisotopic (exact) mass is 640 g/mol. The Morgan fingerprint density at radius 1 is 1.07 bits per heavy atom. The highest BCUT2D eigenvalue weighted by molar-refractivity contribution is 5.89. The van der Waals surface area contributed by atoms with Gasteiger partial charge in [-0.2, -0.15) is 26.3 Å². The van der Waals surface area contributed by atoms with Gasteiger partial charge in [0.2, 0.25) is 5.88 Å². The van der Waals surface area contributed by atoms with Crippen molar-refractivity contribution in [1.29, 1.82) is 0 Å². The standard InChI is InChI=1S/C29H30F6N6O4/c1-3-27(36)19(14-21-22(41(27)26(42)43)4-5-24(38-21)44-2)25-37-15-23(40-6-8-45-9-7-40)20(39-25)12-16-10-17(28(30,31)32)13-18(11-16)29(33,34)35/h4-5,10-11,13,15,19H,3,6-9,12,14,36H2,1-2H3,(H,42,43). The fourth-order valence-electron chi connectivity index (χ4n) is 5.80. The molecule has 1 fully saturated rings. The van der Waals surface area contributed by atoms with Gasteiger partial charge in [-0.25, -0.2) is 19.7 Å². The van der Waals surface area contributed by atoms with Gasteiger partial charge in [0.15, 0.2) is 0 Å². The average molecular weight is 641 g/mol. The second kappa shape index (κ2) is 12.0. The molecule has 242 valence electrons. The van der Waals surface area contributed by atoms with Gasteiger partial charge in [-0.05, 0) is 36.2 Å². The van der Waals surface area contributed by atoms with E-state index in [-0.39, 0.29) is 47.6 Å². The Hall–Kier alpha value is -4.18. The first-order chi connectivity index (χ1) is 21.2. The summed E-state index contributed by atoms with van der Waals surface area (Å²) in [7, 11) is 1.40. The summed E-state index contributed by atoms with van der Waals surface area (Å²) in [6.45, 7) is 3.13. The summed E-state index contributed by atoms with van der Waals surface area (Å²) in [4.78, 5) is 29.0. The largest absolute Gasteiger partial charge is 0.481 e. The van der Waals surface area contributed by atoms with E-state index in [2.05, 4.69) is 15.0 Å². The molecule has 3 N–H and O–H groups in total. The molecule has 5 rings (SSSR count). The normalized spacial score (nSPS) is 20.6. The highest BCUT2D eigenvalue weighted by Gasteiger charge is 2.50. The number of aromatic nitrogens is 3. The van der Waals surface area contributed by atoms with Gasteiger partial charge < -0.3 is 25.2 Å². The molecule has 1 amide bonds. The van der Waals surface area contributed by atoms with Crippen molar-refractivity contribution in [3.8, 4) is 5.88 Å². The van der Waals surface area contributed by atoms with Crippen molar-refractivity contribution in [2.45, 2.75) is 50.1 Å². The zero-order valence-electron chi connectivity index (χ0n) is 24.2. The van der Waals surface area contributed by atoms with E-state index < -0.39 is 47.6 Å². The van der Waals surface area contributed by atoms with Crippen LogP contribution in [0.15, 0.2) is 36.5 Å². The Morgan fingerprint density at radius 3 is 2.27 bits per heavy atom. The first-order valence-corrected chi connectivity index (χ1v) is 14.0. The van der Waals surface area contributed by atoms with E-state index >= 15 is 0 Å². The number of methoxy groups -OCH3 is 1. The van der Waals surface area contributed by atoms with Crippen LogP contribution in [-0.4, -0.2) is 65.2 Å². The smallest absolute Gasteiger partial charge is 0.416 e. The van der Waals surface area contributed by atoms with Crippen LogP contribution in [-0.2, 0) is 29.9 Å². The Morgan fingerprint density at radius 2 is 1.71 bits per heavy atom. The van der Waals surface area contributed by atoms with Gasteiger partial charge >= 0.3 is 18.4 Å². The summed E-state index contributed by atoms with van der Waals surface area (Å²) in [6.07, 6.45) is -10.2. The molecule has 2 aliphatic heterocycles. The number of morpholine rings is 1. The third-order valence-corrected chi connectivity index (χ3v) is 8.10. The van der Waals surface area contributed by atoms with Gasteiger partial charge in [0.05, 0.1) is 66.3 Å².